The number of rotatable bonds is 4. The number of sulfonamides is 1. The van der Waals surface area contributed by atoms with Gasteiger partial charge in [-0.05, 0) is 49.9 Å². The molecule has 2 aliphatic heterocycles. The van der Waals surface area contributed by atoms with Gasteiger partial charge in [0.2, 0.25) is 15.9 Å². The van der Waals surface area contributed by atoms with Gasteiger partial charge in [-0.3, -0.25) is 9.78 Å². The van der Waals surface area contributed by atoms with Crippen LogP contribution in [0.2, 0.25) is 0 Å². The summed E-state index contributed by atoms with van der Waals surface area (Å²) in [5.41, 5.74) is 1.67. The van der Waals surface area contributed by atoms with Crippen LogP contribution in [-0.4, -0.2) is 59.7 Å². The number of likely N-dealkylation sites (tertiary alicyclic amines) is 1. The van der Waals surface area contributed by atoms with Crippen molar-refractivity contribution in [1.29, 1.82) is 0 Å². The number of hydrogen-bond donors (Lipinski definition) is 0. The smallest absolute Gasteiger partial charge is 0.244 e. The molecule has 8 nitrogen and oxygen atoms in total. The minimum absolute atomic E-state index is 0.128. The minimum atomic E-state index is -3.56. The molecule has 0 aliphatic carbocycles. The SMILES string of the molecule is O=C(C1CCN(S(=O)(=O)c2cccnc2)CC1)N1CCC(c2nc3ccccc3o2)CC1. The largest absolute Gasteiger partial charge is 0.440 e. The number of carbonyl (C=O) groups is 1. The lowest BCUT2D eigenvalue weighted by Gasteiger charge is -2.36. The Morgan fingerprint density at radius 1 is 0.969 bits per heavy atom. The molecule has 2 fully saturated rings. The Labute approximate surface area is 187 Å². The van der Waals surface area contributed by atoms with Crippen molar-refractivity contribution in [3.8, 4) is 0 Å². The number of hydrogen-bond acceptors (Lipinski definition) is 6. The van der Waals surface area contributed by atoms with E-state index in [0.29, 0.717) is 39.0 Å². The molecule has 32 heavy (non-hydrogen) atoms. The molecule has 0 bridgehead atoms. The summed E-state index contributed by atoms with van der Waals surface area (Å²) in [5, 5.41) is 0. The Bertz CT molecular complexity index is 1160. The molecule has 168 valence electrons. The maximum atomic E-state index is 13.1. The number of carbonyl (C=O) groups excluding carboxylic acids is 1. The van der Waals surface area contributed by atoms with Gasteiger partial charge in [0.1, 0.15) is 10.4 Å². The quantitative estimate of drug-likeness (QED) is 0.601. The molecule has 0 atom stereocenters. The second-order valence-corrected chi connectivity index (χ2v) is 10.4. The molecule has 0 spiro atoms. The third kappa shape index (κ3) is 4.02. The Morgan fingerprint density at radius 2 is 1.72 bits per heavy atom. The Kier molecular flexibility index (Phi) is 5.69. The molecular weight excluding hydrogens is 428 g/mol. The van der Waals surface area contributed by atoms with Gasteiger partial charge >= 0.3 is 0 Å². The van der Waals surface area contributed by atoms with Crippen molar-refractivity contribution in [3.63, 3.8) is 0 Å². The standard InChI is InChI=1S/C23H26N4O4S/c28-23(18-9-14-27(15-10-18)32(29,30)19-4-3-11-24-16-19)26-12-7-17(8-13-26)22-25-20-5-1-2-6-21(20)31-22/h1-6,11,16-18H,7-10,12-15H2. The molecule has 2 aliphatic rings. The average Bonchev–Trinajstić information content (AvgIpc) is 3.29. The predicted molar refractivity (Wildman–Crippen MR) is 118 cm³/mol. The Hall–Kier alpha value is -2.78. The summed E-state index contributed by atoms with van der Waals surface area (Å²) in [7, 11) is -3.56. The zero-order valence-corrected chi connectivity index (χ0v) is 18.6. The van der Waals surface area contributed by atoms with Crippen LogP contribution in [0.15, 0.2) is 58.1 Å². The molecule has 0 radical (unpaired) electrons. The number of aromatic nitrogens is 2. The normalized spacial score (nSPS) is 19.4. The first-order valence-electron chi connectivity index (χ1n) is 11.1. The molecule has 0 saturated carbocycles. The summed E-state index contributed by atoms with van der Waals surface area (Å²) in [4.78, 5) is 23.7. The van der Waals surface area contributed by atoms with Gasteiger partial charge < -0.3 is 9.32 Å². The van der Waals surface area contributed by atoms with E-state index in [1.165, 1.54) is 10.5 Å². The number of benzene rings is 1. The zero-order chi connectivity index (χ0) is 22.1. The maximum Gasteiger partial charge on any atom is 0.244 e. The van der Waals surface area contributed by atoms with Crippen molar-refractivity contribution in [2.24, 2.45) is 5.92 Å². The van der Waals surface area contributed by atoms with Crippen LogP contribution in [-0.2, 0) is 14.8 Å². The summed E-state index contributed by atoms with van der Waals surface area (Å²) in [6.45, 7) is 2.06. The summed E-state index contributed by atoms with van der Waals surface area (Å²) in [5.74, 6) is 0.987. The van der Waals surface area contributed by atoms with Gasteiger partial charge in [0.05, 0.1) is 0 Å². The third-order valence-electron chi connectivity index (χ3n) is 6.54. The molecule has 2 aromatic heterocycles. The van der Waals surface area contributed by atoms with Gasteiger partial charge in [-0.2, -0.15) is 4.31 Å². The van der Waals surface area contributed by atoms with Crippen molar-refractivity contribution < 1.29 is 17.6 Å². The Balaban J connectivity index is 1.16. The van der Waals surface area contributed by atoms with E-state index >= 15 is 0 Å². The first-order chi connectivity index (χ1) is 15.5. The van der Waals surface area contributed by atoms with E-state index in [0.717, 1.165) is 29.8 Å². The van der Waals surface area contributed by atoms with Crippen LogP contribution in [0, 0.1) is 5.92 Å². The fourth-order valence-electron chi connectivity index (χ4n) is 4.66. The fourth-order valence-corrected chi connectivity index (χ4v) is 6.10. The molecule has 4 heterocycles. The highest BCUT2D eigenvalue weighted by atomic mass is 32.2. The molecule has 5 rings (SSSR count). The topological polar surface area (TPSA) is 96.6 Å². The molecular formula is C23H26N4O4S. The lowest BCUT2D eigenvalue weighted by Crippen LogP contribution is -2.46. The van der Waals surface area contributed by atoms with Gasteiger partial charge in [0.15, 0.2) is 11.5 Å². The van der Waals surface area contributed by atoms with E-state index in [2.05, 4.69) is 9.97 Å². The molecule has 1 amide bonds. The lowest BCUT2D eigenvalue weighted by atomic mass is 9.92. The van der Waals surface area contributed by atoms with Crippen LogP contribution in [0.3, 0.4) is 0 Å². The highest BCUT2D eigenvalue weighted by Crippen LogP contribution is 2.32. The lowest BCUT2D eigenvalue weighted by molar-refractivity contribution is -0.137. The number of amides is 1. The number of pyridine rings is 1. The van der Waals surface area contributed by atoms with E-state index in [1.54, 1.807) is 18.3 Å². The van der Waals surface area contributed by atoms with Crippen molar-refractivity contribution in [2.45, 2.75) is 36.5 Å². The molecule has 2 saturated heterocycles. The monoisotopic (exact) mass is 454 g/mol. The van der Waals surface area contributed by atoms with E-state index in [1.807, 2.05) is 29.2 Å². The minimum Gasteiger partial charge on any atom is -0.440 e. The van der Waals surface area contributed by atoms with Crippen molar-refractivity contribution in [2.75, 3.05) is 26.2 Å². The number of fused-ring (bicyclic) bond motifs is 1. The van der Waals surface area contributed by atoms with E-state index < -0.39 is 10.0 Å². The van der Waals surface area contributed by atoms with Crippen molar-refractivity contribution in [3.05, 3.63) is 54.7 Å². The average molecular weight is 455 g/mol. The molecule has 0 N–H and O–H groups in total. The number of oxazole rings is 1. The maximum absolute atomic E-state index is 13.1. The third-order valence-corrected chi connectivity index (χ3v) is 8.42. The Morgan fingerprint density at radius 3 is 2.41 bits per heavy atom. The second-order valence-electron chi connectivity index (χ2n) is 8.49. The fraction of sp³-hybridized carbons (Fsp3) is 0.435. The van der Waals surface area contributed by atoms with Crippen LogP contribution in [0.5, 0.6) is 0 Å². The summed E-state index contributed by atoms with van der Waals surface area (Å²) >= 11 is 0. The summed E-state index contributed by atoms with van der Waals surface area (Å²) in [6, 6.07) is 10.9. The van der Waals surface area contributed by atoms with Crippen LogP contribution >= 0.6 is 0 Å². The summed E-state index contributed by atoms with van der Waals surface area (Å²) < 4.78 is 32.9. The molecule has 1 aromatic carbocycles. The molecule has 9 heteroatoms. The van der Waals surface area contributed by atoms with Crippen molar-refractivity contribution >= 4 is 27.0 Å². The first-order valence-corrected chi connectivity index (χ1v) is 12.5. The van der Waals surface area contributed by atoms with Crippen LogP contribution in [0.4, 0.5) is 0 Å². The van der Waals surface area contributed by atoms with Gasteiger partial charge in [-0.25, -0.2) is 13.4 Å². The van der Waals surface area contributed by atoms with E-state index in [9.17, 15) is 13.2 Å². The first kappa shape index (κ1) is 21.1. The molecule has 0 unspecified atom stereocenters. The van der Waals surface area contributed by atoms with Gasteiger partial charge in [0, 0.05) is 50.4 Å². The number of nitrogens with zero attached hydrogens (tertiary/aromatic N) is 4. The van der Waals surface area contributed by atoms with Crippen LogP contribution < -0.4 is 0 Å². The van der Waals surface area contributed by atoms with E-state index in [4.69, 9.17) is 4.42 Å². The second kappa shape index (κ2) is 8.63. The van der Waals surface area contributed by atoms with Crippen molar-refractivity contribution in [1.82, 2.24) is 19.2 Å². The van der Waals surface area contributed by atoms with Crippen LogP contribution in [0.25, 0.3) is 11.1 Å². The van der Waals surface area contributed by atoms with Gasteiger partial charge in [0.25, 0.3) is 0 Å². The predicted octanol–water partition coefficient (Wildman–Crippen LogP) is 3.03. The highest BCUT2D eigenvalue weighted by molar-refractivity contribution is 7.89. The van der Waals surface area contributed by atoms with Gasteiger partial charge in [-0.15, -0.1) is 0 Å². The van der Waals surface area contributed by atoms with E-state index in [-0.39, 0.29) is 22.6 Å². The van der Waals surface area contributed by atoms with Gasteiger partial charge in [-0.1, -0.05) is 12.1 Å². The highest BCUT2D eigenvalue weighted by Gasteiger charge is 2.35. The zero-order valence-electron chi connectivity index (χ0n) is 17.8. The van der Waals surface area contributed by atoms with Crippen LogP contribution in [0.1, 0.15) is 37.5 Å². The number of piperidine rings is 2. The summed E-state index contributed by atoms with van der Waals surface area (Å²) in [6.07, 6.45) is 5.66. The number of para-hydroxylation sites is 2. The molecule has 3 aromatic rings.